The second-order valence-electron chi connectivity index (χ2n) is 11.0. The maximum Gasteiger partial charge on any atom is 0.265 e. The molecule has 6 heteroatoms. The molecule has 1 aromatic heterocycles. The number of benzene rings is 2. The molecule has 0 fully saturated rings. The molecule has 0 unspecified atom stereocenters. The maximum atomic E-state index is 2.54. The normalized spacial score (nSPS) is 15.6. The molecule has 33 heavy (non-hydrogen) atoms. The Morgan fingerprint density at radius 2 is 1.52 bits per heavy atom. The van der Waals surface area contributed by atoms with Crippen LogP contribution in [0.4, 0.5) is 5.69 Å². The van der Waals surface area contributed by atoms with E-state index in [-0.39, 0.29) is 0 Å². The predicted molar refractivity (Wildman–Crippen MR) is 145 cm³/mol. The summed E-state index contributed by atoms with van der Waals surface area (Å²) in [7, 11) is 13.7. The topological polar surface area (TPSA) is 7.12 Å². The Morgan fingerprint density at radius 3 is 2.27 bits per heavy atom. The van der Waals surface area contributed by atoms with Crippen LogP contribution in [0.25, 0.3) is 16.3 Å². The van der Waals surface area contributed by atoms with Gasteiger partial charge in [-0.15, -0.1) is 0 Å². The van der Waals surface area contributed by atoms with Crippen LogP contribution in [0.3, 0.4) is 0 Å². The summed E-state index contributed by atoms with van der Waals surface area (Å²) in [6.45, 7) is 4.45. The fraction of sp³-hybridized carbons (Fsp3) is 0.444. The lowest BCUT2D eigenvalue weighted by Gasteiger charge is -2.26. The lowest BCUT2D eigenvalue weighted by molar-refractivity contribution is -0.873. The molecule has 0 atom stereocenters. The molecule has 0 saturated heterocycles. The summed E-state index contributed by atoms with van der Waals surface area (Å²) < 4.78 is 5.91. The lowest BCUT2D eigenvalue weighted by atomic mass is 10.2. The number of hydrogen-bond donors (Lipinski definition) is 0. The van der Waals surface area contributed by atoms with E-state index < -0.39 is 0 Å². The minimum atomic E-state index is 1.00. The Kier molecular flexibility index (Phi) is 7.20. The Morgan fingerprint density at radius 1 is 0.848 bits per heavy atom. The second-order valence-corrected chi connectivity index (χ2v) is 13.1. The van der Waals surface area contributed by atoms with E-state index in [2.05, 4.69) is 106 Å². The van der Waals surface area contributed by atoms with Crippen LogP contribution in [0.1, 0.15) is 17.8 Å². The number of rotatable bonds is 9. The molecule has 2 heterocycles. The number of thioether (sulfide) groups is 1. The van der Waals surface area contributed by atoms with Crippen molar-refractivity contribution in [2.45, 2.75) is 24.3 Å². The van der Waals surface area contributed by atoms with Gasteiger partial charge in [-0.2, -0.15) is 4.57 Å². The number of hydrogen-bond acceptors (Lipinski definition) is 3. The molecule has 176 valence electrons. The van der Waals surface area contributed by atoms with Crippen LogP contribution in [0.5, 0.6) is 0 Å². The highest BCUT2D eigenvalue weighted by atomic mass is 32.2. The van der Waals surface area contributed by atoms with Crippen molar-refractivity contribution < 1.29 is 13.5 Å². The van der Waals surface area contributed by atoms with E-state index in [1.807, 2.05) is 23.1 Å². The first-order valence-electron chi connectivity index (χ1n) is 11.9. The van der Waals surface area contributed by atoms with Gasteiger partial charge >= 0.3 is 0 Å². The first-order chi connectivity index (χ1) is 15.6. The first kappa shape index (κ1) is 24.3. The average Bonchev–Trinajstić information content (AvgIpc) is 3.25. The van der Waals surface area contributed by atoms with Crippen molar-refractivity contribution >= 4 is 45.1 Å². The van der Waals surface area contributed by atoms with Gasteiger partial charge in [0.25, 0.3) is 5.01 Å². The Hall–Kier alpha value is -1.86. The molecular formula is C27H39N4S2+3. The van der Waals surface area contributed by atoms with Crippen molar-refractivity contribution in [2.75, 3.05) is 66.8 Å². The Labute approximate surface area is 207 Å². The number of para-hydroxylation sites is 2. The van der Waals surface area contributed by atoms with Gasteiger partial charge in [-0.3, -0.25) is 0 Å². The highest BCUT2D eigenvalue weighted by Gasteiger charge is 2.28. The molecule has 0 spiro atoms. The van der Waals surface area contributed by atoms with E-state index in [0.717, 1.165) is 22.1 Å². The summed E-state index contributed by atoms with van der Waals surface area (Å²) in [6, 6.07) is 17.7. The van der Waals surface area contributed by atoms with Crippen LogP contribution in [0.15, 0.2) is 58.5 Å². The number of nitrogens with zero attached hydrogens (tertiary/aromatic N) is 4. The SMILES string of the molecule is C[N+](C)(C)CCCN1C(=Cc2sc3ccccc3[n+]2CCC[N+](C)(C)C)Sc2ccccc21. The minimum Gasteiger partial charge on any atom is -0.335 e. The number of aryl methyl sites for hydroxylation is 1. The Bertz CT molecular complexity index is 1130. The van der Waals surface area contributed by atoms with Crippen molar-refractivity contribution in [3.63, 3.8) is 0 Å². The molecule has 0 bridgehead atoms. The largest absolute Gasteiger partial charge is 0.335 e. The van der Waals surface area contributed by atoms with Gasteiger partial charge in [0.05, 0.1) is 78.6 Å². The average molecular weight is 484 g/mol. The number of fused-ring (bicyclic) bond motifs is 2. The van der Waals surface area contributed by atoms with E-state index in [1.54, 1.807) is 0 Å². The van der Waals surface area contributed by atoms with Crippen molar-refractivity contribution in [2.24, 2.45) is 0 Å². The van der Waals surface area contributed by atoms with Crippen LogP contribution < -0.4 is 9.47 Å². The maximum absolute atomic E-state index is 2.54. The monoisotopic (exact) mass is 483 g/mol. The molecule has 0 N–H and O–H groups in total. The van der Waals surface area contributed by atoms with E-state index >= 15 is 0 Å². The highest BCUT2D eigenvalue weighted by molar-refractivity contribution is 8.03. The van der Waals surface area contributed by atoms with Gasteiger partial charge in [-0.25, -0.2) is 0 Å². The highest BCUT2D eigenvalue weighted by Crippen LogP contribution is 2.46. The molecule has 0 amide bonds. The molecular weight excluding hydrogens is 444 g/mol. The smallest absolute Gasteiger partial charge is 0.265 e. The van der Waals surface area contributed by atoms with Crippen LogP contribution in [-0.2, 0) is 6.54 Å². The number of anilines is 1. The van der Waals surface area contributed by atoms with Gasteiger partial charge in [0, 0.05) is 23.9 Å². The standard InChI is InChI=1S/C27H39N4S2/c1-30(2,3)19-11-17-28-22-13-7-9-15-24(22)32-26(28)21-27-29(18-12-20-31(4,5)6)23-14-8-10-16-25(23)33-27/h7-10,13-16,21H,11-12,17-20H2,1-6H3/q+3. The third-order valence-corrected chi connectivity index (χ3v) is 8.17. The first-order valence-corrected chi connectivity index (χ1v) is 13.5. The molecule has 4 nitrogen and oxygen atoms in total. The summed E-state index contributed by atoms with van der Waals surface area (Å²) in [5.41, 5.74) is 2.71. The quantitative estimate of drug-likeness (QED) is 0.301. The second kappa shape index (κ2) is 9.79. The predicted octanol–water partition coefficient (Wildman–Crippen LogP) is 5.29. The van der Waals surface area contributed by atoms with Crippen LogP contribution in [-0.4, -0.2) is 70.9 Å². The fourth-order valence-corrected chi connectivity index (χ4v) is 6.62. The van der Waals surface area contributed by atoms with Crippen molar-refractivity contribution in [3.05, 3.63) is 58.6 Å². The van der Waals surface area contributed by atoms with Crippen molar-refractivity contribution in [1.29, 1.82) is 0 Å². The van der Waals surface area contributed by atoms with Crippen LogP contribution in [0, 0.1) is 0 Å². The molecule has 4 rings (SSSR count). The van der Waals surface area contributed by atoms with E-state index in [9.17, 15) is 0 Å². The van der Waals surface area contributed by atoms with Gasteiger partial charge in [0.2, 0.25) is 5.52 Å². The van der Waals surface area contributed by atoms with E-state index in [1.165, 1.54) is 56.8 Å². The van der Waals surface area contributed by atoms with Crippen LogP contribution in [0.2, 0.25) is 0 Å². The van der Waals surface area contributed by atoms with Gasteiger partial charge in [-0.05, 0) is 18.2 Å². The van der Waals surface area contributed by atoms with Gasteiger partial charge in [0.1, 0.15) is 4.70 Å². The molecule has 1 aliphatic rings. The van der Waals surface area contributed by atoms with E-state index in [4.69, 9.17) is 0 Å². The molecule has 0 aliphatic carbocycles. The third kappa shape index (κ3) is 6.18. The summed E-state index contributed by atoms with van der Waals surface area (Å²) in [5.74, 6) is 0. The molecule has 3 aromatic rings. The molecule has 1 aliphatic heterocycles. The molecule has 2 aromatic carbocycles. The summed E-state index contributed by atoms with van der Waals surface area (Å²) in [5, 5.41) is 2.70. The zero-order valence-corrected chi connectivity index (χ0v) is 22.7. The van der Waals surface area contributed by atoms with Gasteiger partial charge < -0.3 is 13.9 Å². The number of thiazole rings is 1. The lowest BCUT2D eigenvalue weighted by Crippen LogP contribution is -2.41. The third-order valence-electron chi connectivity index (χ3n) is 5.94. The van der Waals surface area contributed by atoms with E-state index in [0.29, 0.717) is 0 Å². The molecule has 0 saturated carbocycles. The number of quaternary nitrogens is 2. The van der Waals surface area contributed by atoms with Crippen molar-refractivity contribution in [3.8, 4) is 0 Å². The summed E-state index contributed by atoms with van der Waals surface area (Å²) in [6.07, 6.45) is 4.78. The number of aromatic nitrogens is 1. The summed E-state index contributed by atoms with van der Waals surface area (Å²) in [4.78, 5) is 3.91. The summed E-state index contributed by atoms with van der Waals surface area (Å²) >= 11 is 3.83. The molecule has 0 radical (unpaired) electrons. The van der Waals surface area contributed by atoms with Gasteiger partial charge in [-0.1, -0.05) is 47.4 Å². The zero-order chi connectivity index (χ0) is 23.6. The fourth-order valence-electron chi connectivity index (χ4n) is 4.29. The van der Waals surface area contributed by atoms with Crippen molar-refractivity contribution in [1.82, 2.24) is 0 Å². The Balaban J connectivity index is 1.66. The van der Waals surface area contributed by atoms with Crippen LogP contribution >= 0.6 is 23.1 Å². The zero-order valence-electron chi connectivity index (χ0n) is 21.0. The van der Waals surface area contributed by atoms with Gasteiger partial charge in [0.15, 0.2) is 6.54 Å². The minimum absolute atomic E-state index is 1.00.